The van der Waals surface area contributed by atoms with E-state index in [9.17, 15) is 9.59 Å². The number of nitrogens with one attached hydrogen (secondary N) is 1. The first-order valence-electron chi connectivity index (χ1n) is 11.9. The predicted octanol–water partition coefficient (Wildman–Crippen LogP) is 5.30. The number of pyridine rings is 2. The molecule has 2 fully saturated rings. The van der Waals surface area contributed by atoms with Gasteiger partial charge in [0.05, 0.1) is 12.2 Å². The number of benzene rings is 1. The van der Waals surface area contributed by atoms with E-state index in [0.29, 0.717) is 18.4 Å². The van der Waals surface area contributed by atoms with Gasteiger partial charge in [0.2, 0.25) is 5.91 Å². The number of carbonyl (C=O) groups excluding carboxylic acids is 1. The molecule has 0 saturated heterocycles. The maximum Gasteiger partial charge on any atom is 0.258 e. The normalized spacial score (nSPS) is 27.5. The van der Waals surface area contributed by atoms with Crippen LogP contribution in [0.5, 0.6) is 0 Å². The van der Waals surface area contributed by atoms with Crippen LogP contribution in [0.3, 0.4) is 0 Å². The van der Waals surface area contributed by atoms with E-state index in [2.05, 4.69) is 23.3 Å². The number of allylic oxidation sites excluding steroid dienone is 2. The van der Waals surface area contributed by atoms with Crippen LogP contribution in [0.15, 0.2) is 71.3 Å². The van der Waals surface area contributed by atoms with Crippen LogP contribution >= 0.6 is 0 Å². The number of fused-ring (bicyclic) bond motifs is 1. The summed E-state index contributed by atoms with van der Waals surface area (Å²) in [5.41, 5.74) is 3.42. The van der Waals surface area contributed by atoms with E-state index in [1.807, 2.05) is 42.5 Å². The second-order valence-corrected chi connectivity index (χ2v) is 10.9. The van der Waals surface area contributed by atoms with Crippen molar-refractivity contribution in [2.24, 2.45) is 16.7 Å². The number of carbonyl (C=O) groups is 1. The Labute approximate surface area is 193 Å². The molecule has 5 heteroatoms. The second kappa shape index (κ2) is 7.41. The first kappa shape index (κ1) is 20.4. The van der Waals surface area contributed by atoms with Gasteiger partial charge in [0.25, 0.3) is 5.56 Å². The Kier molecular flexibility index (Phi) is 4.58. The monoisotopic (exact) mass is 439 g/mol. The van der Waals surface area contributed by atoms with Gasteiger partial charge in [-0.3, -0.25) is 14.6 Å². The van der Waals surface area contributed by atoms with Gasteiger partial charge in [-0.1, -0.05) is 30.7 Å². The Morgan fingerprint density at radius 1 is 1.15 bits per heavy atom. The molecule has 168 valence electrons. The molecule has 1 aromatic carbocycles. The lowest BCUT2D eigenvalue weighted by molar-refractivity contribution is -0.121. The van der Waals surface area contributed by atoms with Crippen molar-refractivity contribution in [3.05, 3.63) is 82.6 Å². The highest BCUT2D eigenvalue weighted by Crippen LogP contribution is 2.63. The van der Waals surface area contributed by atoms with Crippen molar-refractivity contribution in [3.63, 3.8) is 0 Å². The maximum atomic E-state index is 13.2. The van der Waals surface area contributed by atoms with Crippen molar-refractivity contribution in [2.75, 3.05) is 5.32 Å². The zero-order valence-electron chi connectivity index (χ0n) is 19.0. The van der Waals surface area contributed by atoms with E-state index in [4.69, 9.17) is 0 Å². The highest BCUT2D eigenvalue weighted by Gasteiger charge is 2.52. The van der Waals surface area contributed by atoms with Crippen molar-refractivity contribution in [1.82, 2.24) is 9.55 Å². The fraction of sp³-hybridized carbons (Fsp3) is 0.393. The molecule has 4 bridgehead atoms. The van der Waals surface area contributed by atoms with E-state index in [1.54, 1.807) is 22.5 Å². The fourth-order valence-electron chi connectivity index (χ4n) is 7.21. The number of nitrogens with zero attached hydrogens (tertiary/aromatic N) is 2. The summed E-state index contributed by atoms with van der Waals surface area (Å²) < 4.78 is 1.67. The van der Waals surface area contributed by atoms with Gasteiger partial charge in [-0.25, -0.2) is 0 Å². The van der Waals surface area contributed by atoms with E-state index in [-0.39, 0.29) is 22.3 Å². The number of amides is 1. The Morgan fingerprint density at radius 2 is 2.06 bits per heavy atom. The van der Waals surface area contributed by atoms with Crippen LogP contribution in [0.1, 0.15) is 51.1 Å². The number of anilines is 1. The molecule has 33 heavy (non-hydrogen) atoms. The SMILES string of the molecule is CC12C=C3CC(C1)CC(CC(=O)Nc1cccc4c(=O)n(Cc5ccccn5)ccc14)(C3)C2. The van der Waals surface area contributed by atoms with Gasteiger partial charge in [0, 0.05) is 35.3 Å². The van der Waals surface area contributed by atoms with Crippen molar-refractivity contribution < 1.29 is 4.79 Å². The fourth-order valence-corrected chi connectivity index (χ4v) is 7.21. The summed E-state index contributed by atoms with van der Waals surface area (Å²) in [5, 5.41) is 4.55. The lowest BCUT2D eigenvalue weighted by atomic mass is 9.48. The Hall–Kier alpha value is -3.21. The van der Waals surface area contributed by atoms with Crippen molar-refractivity contribution in [1.29, 1.82) is 0 Å². The first-order valence-corrected chi connectivity index (χ1v) is 11.9. The highest BCUT2D eigenvalue weighted by molar-refractivity contribution is 6.02. The van der Waals surface area contributed by atoms with Crippen LogP contribution in [0.25, 0.3) is 10.8 Å². The van der Waals surface area contributed by atoms with Crippen molar-refractivity contribution >= 4 is 22.4 Å². The Balaban J connectivity index is 1.24. The highest BCUT2D eigenvalue weighted by atomic mass is 16.1. The minimum absolute atomic E-state index is 0.0614. The number of aromatic nitrogens is 2. The number of hydrogen-bond donors (Lipinski definition) is 1. The van der Waals surface area contributed by atoms with Gasteiger partial charge >= 0.3 is 0 Å². The molecule has 0 aliphatic heterocycles. The standard InChI is InChI=1S/C28H29N3O2/c1-27-12-19-11-20(13-27)15-28(14-19,18-27)16-25(32)30-24-7-4-6-23-22(24)8-10-31(26(23)33)17-21-5-2-3-9-29-21/h2-10,12,20H,11,13-18H2,1H3,(H,30,32). The quantitative estimate of drug-likeness (QED) is 0.549. The molecule has 3 unspecified atom stereocenters. The van der Waals surface area contributed by atoms with Crippen molar-refractivity contribution in [2.45, 2.75) is 52.0 Å². The third-order valence-corrected chi connectivity index (χ3v) is 7.85. The number of rotatable bonds is 5. The molecule has 2 aromatic heterocycles. The summed E-state index contributed by atoms with van der Waals surface area (Å²) in [6.45, 7) is 2.79. The van der Waals surface area contributed by atoms with Crippen molar-refractivity contribution in [3.8, 4) is 0 Å². The zero-order valence-corrected chi connectivity index (χ0v) is 19.0. The topological polar surface area (TPSA) is 64.0 Å². The van der Waals surface area contributed by atoms with Crippen LogP contribution in [0.2, 0.25) is 0 Å². The number of hydrogen-bond acceptors (Lipinski definition) is 3. The van der Waals surface area contributed by atoms with E-state index < -0.39 is 0 Å². The van der Waals surface area contributed by atoms with Gasteiger partial charge in [-0.2, -0.15) is 0 Å². The van der Waals surface area contributed by atoms with Crippen LogP contribution in [-0.4, -0.2) is 15.5 Å². The second-order valence-electron chi connectivity index (χ2n) is 10.9. The first-order chi connectivity index (χ1) is 15.9. The third-order valence-electron chi connectivity index (χ3n) is 7.85. The molecule has 3 aromatic rings. The average molecular weight is 440 g/mol. The van der Waals surface area contributed by atoms with E-state index >= 15 is 0 Å². The molecule has 0 spiro atoms. The summed E-state index contributed by atoms with van der Waals surface area (Å²) >= 11 is 0. The minimum Gasteiger partial charge on any atom is -0.325 e. The summed E-state index contributed by atoms with van der Waals surface area (Å²) in [6.07, 6.45) is 12.4. The van der Waals surface area contributed by atoms with Gasteiger partial charge in [0.1, 0.15) is 0 Å². The molecule has 2 saturated carbocycles. The largest absolute Gasteiger partial charge is 0.325 e. The molecular formula is C28H29N3O2. The summed E-state index contributed by atoms with van der Waals surface area (Å²) in [5.74, 6) is 0.798. The average Bonchev–Trinajstić information content (AvgIpc) is 2.74. The molecule has 1 amide bonds. The third kappa shape index (κ3) is 3.69. The predicted molar refractivity (Wildman–Crippen MR) is 130 cm³/mol. The molecule has 4 aliphatic rings. The molecule has 1 N–H and O–H groups in total. The van der Waals surface area contributed by atoms with Crippen LogP contribution in [0.4, 0.5) is 5.69 Å². The molecule has 5 nitrogen and oxygen atoms in total. The summed E-state index contributed by atoms with van der Waals surface area (Å²) in [4.78, 5) is 30.7. The Morgan fingerprint density at radius 3 is 2.85 bits per heavy atom. The van der Waals surface area contributed by atoms with Gasteiger partial charge < -0.3 is 9.88 Å². The lowest BCUT2D eigenvalue weighted by Crippen LogP contribution is -2.47. The van der Waals surface area contributed by atoms with Gasteiger partial charge in [-0.15, -0.1) is 0 Å². The molecule has 3 atom stereocenters. The maximum absolute atomic E-state index is 13.2. The van der Waals surface area contributed by atoms with E-state index in [0.717, 1.165) is 35.5 Å². The Bertz CT molecular complexity index is 1340. The minimum atomic E-state index is -0.0739. The molecule has 0 radical (unpaired) electrons. The molecule has 7 rings (SSSR count). The van der Waals surface area contributed by atoms with Crippen LogP contribution < -0.4 is 10.9 Å². The molecular weight excluding hydrogens is 410 g/mol. The van der Waals surface area contributed by atoms with E-state index in [1.165, 1.54) is 19.3 Å². The zero-order chi connectivity index (χ0) is 22.6. The van der Waals surface area contributed by atoms with Gasteiger partial charge in [0.15, 0.2) is 0 Å². The molecule has 4 aliphatic carbocycles. The lowest BCUT2D eigenvalue weighted by Gasteiger charge is -2.57. The van der Waals surface area contributed by atoms with Gasteiger partial charge in [-0.05, 0) is 79.2 Å². The van der Waals surface area contributed by atoms with Crippen LogP contribution in [0, 0.1) is 16.7 Å². The van der Waals surface area contributed by atoms with Crippen LogP contribution in [-0.2, 0) is 11.3 Å². The summed E-state index contributed by atoms with van der Waals surface area (Å²) in [6, 6.07) is 13.2. The summed E-state index contributed by atoms with van der Waals surface area (Å²) in [7, 11) is 0. The molecule has 2 heterocycles. The smallest absolute Gasteiger partial charge is 0.258 e.